The molecule has 84 valence electrons. The van der Waals surface area contributed by atoms with Crippen LogP contribution in [-0.2, 0) is 0 Å². The maximum atomic E-state index is 12.9. The van der Waals surface area contributed by atoms with Crippen molar-refractivity contribution in [2.75, 3.05) is 5.32 Å². The van der Waals surface area contributed by atoms with Gasteiger partial charge in [0.1, 0.15) is 11.9 Å². The van der Waals surface area contributed by atoms with Crippen molar-refractivity contribution >= 4 is 27.6 Å². The smallest absolute Gasteiger partial charge is 0.227 e. The van der Waals surface area contributed by atoms with Gasteiger partial charge in [0.2, 0.25) is 5.95 Å². The summed E-state index contributed by atoms with van der Waals surface area (Å²) in [4.78, 5) is 8.00. The maximum absolute atomic E-state index is 12.9. The Kier molecular flexibility index (Phi) is 3.30. The fourth-order valence-electron chi connectivity index (χ4n) is 1.22. The van der Waals surface area contributed by atoms with Crippen molar-refractivity contribution in [2.24, 2.45) is 0 Å². The van der Waals surface area contributed by atoms with E-state index in [0.29, 0.717) is 11.6 Å². The molecule has 0 atom stereocenters. The van der Waals surface area contributed by atoms with Crippen LogP contribution in [0.25, 0.3) is 0 Å². The van der Waals surface area contributed by atoms with E-state index in [9.17, 15) is 4.39 Å². The van der Waals surface area contributed by atoms with E-state index in [4.69, 9.17) is 5.26 Å². The lowest BCUT2D eigenvalue weighted by Gasteiger charge is -2.06. The lowest BCUT2D eigenvalue weighted by Crippen LogP contribution is -1.98. The zero-order chi connectivity index (χ0) is 12.3. The molecule has 0 unspecified atom stereocenters. The third kappa shape index (κ3) is 2.77. The quantitative estimate of drug-likeness (QED) is 0.924. The van der Waals surface area contributed by atoms with Gasteiger partial charge in [0, 0.05) is 12.4 Å². The van der Waals surface area contributed by atoms with Gasteiger partial charge in [-0.15, -0.1) is 0 Å². The maximum Gasteiger partial charge on any atom is 0.227 e. The first-order valence-corrected chi connectivity index (χ1v) is 5.42. The van der Waals surface area contributed by atoms with Gasteiger partial charge in [-0.3, -0.25) is 0 Å². The van der Waals surface area contributed by atoms with E-state index < -0.39 is 5.82 Å². The lowest BCUT2D eigenvalue weighted by atomic mass is 10.2. The summed E-state index contributed by atoms with van der Waals surface area (Å²) in [6, 6.07) is 5.79. The van der Waals surface area contributed by atoms with Crippen molar-refractivity contribution in [1.82, 2.24) is 9.97 Å². The van der Waals surface area contributed by atoms with Crippen LogP contribution in [0.15, 0.2) is 35.1 Å². The first kappa shape index (κ1) is 11.5. The largest absolute Gasteiger partial charge is 0.323 e. The Morgan fingerprint density at radius 2 is 2.00 bits per heavy atom. The van der Waals surface area contributed by atoms with Gasteiger partial charge < -0.3 is 5.32 Å². The molecular formula is C11H6BrFN4. The minimum absolute atomic E-state index is 0.205. The number of hydrogen-bond acceptors (Lipinski definition) is 4. The van der Waals surface area contributed by atoms with Gasteiger partial charge in [-0.2, -0.15) is 5.26 Å². The highest BCUT2D eigenvalue weighted by atomic mass is 79.9. The van der Waals surface area contributed by atoms with Gasteiger partial charge in [-0.25, -0.2) is 14.4 Å². The van der Waals surface area contributed by atoms with Crippen molar-refractivity contribution in [3.05, 3.63) is 46.4 Å². The second-order valence-electron chi connectivity index (χ2n) is 3.15. The molecule has 0 aliphatic heterocycles. The molecule has 0 radical (unpaired) electrons. The molecule has 0 amide bonds. The molecule has 6 heteroatoms. The normalized spacial score (nSPS) is 9.71. The van der Waals surface area contributed by atoms with Gasteiger partial charge in [-0.1, -0.05) is 0 Å². The van der Waals surface area contributed by atoms with E-state index in [1.54, 1.807) is 12.4 Å². The van der Waals surface area contributed by atoms with Gasteiger partial charge in [0.25, 0.3) is 0 Å². The van der Waals surface area contributed by atoms with Crippen molar-refractivity contribution in [3.8, 4) is 6.07 Å². The molecule has 1 aromatic heterocycles. The van der Waals surface area contributed by atoms with Gasteiger partial charge in [0.05, 0.1) is 15.7 Å². The molecule has 4 nitrogen and oxygen atoms in total. The first-order valence-electron chi connectivity index (χ1n) is 4.63. The molecule has 0 saturated heterocycles. The molecule has 2 aromatic rings. The average molecular weight is 293 g/mol. The summed E-state index contributed by atoms with van der Waals surface area (Å²) in [7, 11) is 0. The van der Waals surface area contributed by atoms with Crippen LogP contribution in [0.2, 0.25) is 0 Å². The number of nitriles is 1. The summed E-state index contributed by atoms with van der Waals surface area (Å²) in [6.45, 7) is 0. The van der Waals surface area contributed by atoms with Gasteiger partial charge >= 0.3 is 0 Å². The van der Waals surface area contributed by atoms with E-state index in [0.717, 1.165) is 10.5 Å². The third-order valence-corrected chi connectivity index (χ3v) is 2.38. The van der Waals surface area contributed by atoms with E-state index >= 15 is 0 Å². The zero-order valence-corrected chi connectivity index (χ0v) is 10.1. The molecule has 2 rings (SSSR count). The summed E-state index contributed by atoms with van der Waals surface area (Å²) in [5.41, 5.74) is 0.674. The summed E-state index contributed by atoms with van der Waals surface area (Å²) < 4.78 is 13.7. The van der Waals surface area contributed by atoms with Crippen LogP contribution >= 0.6 is 15.9 Å². The fraction of sp³-hybridized carbons (Fsp3) is 0. The van der Waals surface area contributed by atoms with Gasteiger partial charge in [0.15, 0.2) is 0 Å². The molecule has 0 fully saturated rings. The van der Waals surface area contributed by atoms with Crippen LogP contribution in [0.3, 0.4) is 0 Å². The Morgan fingerprint density at radius 1 is 1.29 bits per heavy atom. The standard InChI is InChI=1S/C11H6BrFN4/c12-8-5-15-11(16-6-8)17-10-2-1-9(13)3-7(10)4-14/h1-3,5-6H,(H,15,16,17). The number of aromatic nitrogens is 2. The number of nitrogens with one attached hydrogen (secondary N) is 1. The topological polar surface area (TPSA) is 61.6 Å². The van der Waals surface area contributed by atoms with Crippen LogP contribution in [0, 0.1) is 17.1 Å². The molecule has 1 heterocycles. The number of halogens is 2. The molecular weight excluding hydrogens is 287 g/mol. The van der Waals surface area contributed by atoms with Crippen molar-refractivity contribution in [1.29, 1.82) is 5.26 Å². The minimum Gasteiger partial charge on any atom is -0.323 e. The second kappa shape index (κ2) is 4.89. The fourth-order valence-corrected chi connectivity index (χ4v) is 1.42. The monoisotopic (exact) mass is 292 g/mol. The van der Waals surface area contributed by atoms with E-state index in [2.05, 4.69) is 31.2 Å². The van der Waals surface area contributed by atoms with Crippen molar-refractivity contribution < 1.29 is 4.39 Å². The Labute approximate surface area is 105 Å². The first-order chi connectivity index (χ1) is 8.19. The summed E-state index contributed by atoms with van der Waals surface area (Å²) in [5.74, 6) is -0.111. The minimum atomic E-state index is -0.455. The predicted octanol–water partition coefficient (Wildman–Crippen LogP) is 2.99. The lowest BCUT2D eigenvalue weighted by molar-refractivity contribution is 0.627. The summed E-state index contributed by atoms with van der Waals surface area (Å²) in [6.07, 6.45) is 3.15. The number of rotatable bonds is 2. The van der Waals surface area contributed by atoms with Crippen molar-refractivity contribution in [2.45, 2.75) is 0 Å². The van der Waals surface area contributed by atoms with Crippen LogP contribution in [0.5, 0.6) is 0 Å². The highest BCUT2D eigenvalue weighted by molar-refractivity contribution is 9.10. The number of nitrogens with zero attached hydrogens (tertiary/aromatic N) is 3. The van der Waals surface area contributed by atoms with E-state index in [-0.39, 0.29) is 5.56 Å². The molecule has 1 aromatic carbocycles. The SMILES string of the molecule is N#Cc1cc(F)ccc1Nc1ncc(Br)cn1. The molecule has 17 heavy (non-hydrogen) atoms. The average Bonchev–Trinajstić information content (AvgIpc) is 2.34. The highest BCUT2D eigenvalue weighted by Crippen LogP contribution is 2.19. The molecule has 1 N–H and O–H groups in total. The summed E-state index contributed by atoms with van der Waals surface area (Å²) >= 11 is 3.21. The number of benzene rings is 1. The predicted molar refractivity (Wildman–Crippen MR) is 64.1 cm³/mol. The second-order valence-corrected chi connectivity index (χ2v) is 4.07. The van der Waals surface area contributed by atoms with Crippen LogP contribution in [0.1, 0.15) is 5.56 Å². The zero-order valence-electron chi connectivity index (χ0n) is 8.48. The Balaban J connectivity index is 2.30. The summed E-state index contributed by atoms with van der Waals surface area (Å²) in [5, 5.41) is 11.7. The Bertz CT molecular complexity index is 577. The van der Waals surface area contributed by atoms with Crippen LogP contribution in [-0.4, -0.2) is 9.97 Å². The van der Waals surface area contributed by atoms with E-state index in [1.165, 1.54) is 12.1 Å². The molecule has 0 bridgehead atoms. The van der Waals surface area contributed by atoms with Crippen LogP contribution in [0.4, 0.5) is 16.0 Å². The van der Waals surface area contributed by atoms with Crippen LogP contribution < -0.4 is 5.32 Å². The molecule has 0 aliphatic rings. The molecule has 0 spiro atoms. The third-order valence-electron chi connectivity index (χ3n) is 1.97. The number of hydrogen-bond donors (Lipinski definition) is 1. The molecule has 0 saturated carbocycles. The molecule has 0 aliphatic carbocycles. The number of anilines is 2. The van der Waals surface area contributed by atoms with E-state index in [1.807, 2.05) is 6.07 Å². The Morgan fingerprint density at radius 3 is 2.65 bits per heavy atom. The highest BCUT2D eigenvalue weighted by Gasteiger charge is 2.05. The van der Waals surface area contributed by atoms with Gasteiger partial charge in [-0.05, 0) is 34.1 Å². The Hall–Kier alpha value is -2.00. The van der Waals surface area contributed by atoms with Crippen molar-refractivity contribution in [3.63, 3.8) is 0 Å².